The number of rotatable bonds is 3. The summed E-state index contributed by atoms with van der Waals surface area (Å²) in [5.41, 5.74) is 0.551. The zero-order valence-corrected chi connectivity index (χ0v) is 11.4. The first-order valence-corrected chi connectivity index (χ1v) is 6.43. The van der Waals surface area contributed by atoms with Crippen LogP contribution in [-0.4, -0.2) is 21.0 Å². The fourth-order valence-corrected chi connectivity index (χ4v) is 2.16. The van der Waals surface area contributed by atoms with Gasteiger partial charge in [-0.3, -0.25) is 9.97 Å². The van der Waals surface area contributed by atoms with E-state index in [4.69, 9.17) is 21.4 Å². The van der Waals surface area contributed by atoms with E-state index < -0.39 is 5.97 Å². The third-order valence-electron chi connectivity index (χ3n) is 2.91. The summed E-state index contributed by atoms with van der Waals surface area (Å²) >= 11 is 6.11. The van der Waals surface area contributed by atoms with Crippen molar-refractivity contribution in [2.45, 2.75) is 0 Å². The Kier molecular flexibility index (Phi) is 3.41. The summed E-state index contributed by atoms with van der Waals surface area (Å²) in [6.45, 7) is 0. The Balaban J connectivity index is 2.11. The molecule has 0 saturated carbocycles. The van der Waals surface area contributed by atoms with Gasteiger partial charge in [0.15, 0.2) is 5.75 Å². The largest absolute Gasteiger partial charge is 0.477 e. The summed E-state index contributed by atoms with van der Waals surface area (Å²) < 4.78 is 5.70. The molecular formula is C15H9ClN2O3. The zero-order chi connectivity index (χ0) is 14.8. The first kappa shape index (κ1) is 13.3. The van der Waals surface area contributed by atoms with Crippen LogP contribution in [0.1, 0.15) is 10.4 Å². The van der Waals surface area contributed by atoms with Gasteiger partial charge in [0.05, 0.1) is 5.02 Å². The molecule has 0 aliphatic rings. The molecule has 1 aromatic carbocycles. The number of benzene rings is 1. The smallest absolute Gasteiger partial charge is 0.341 e. The topological polar surface area (TPSA) is 72.3 Å². The number of hydrogen-bond acceptors (Lipinski definition) is 4. The van der Waals surface area contributed by atoms with E-state index in [-0.39, 0.29) is 11.3 Å². The Morgan fingerprint density at radius 2 is 2.00 bits per heavy atom. The van der Waals surface area contributed by atoms with Crippen molar-refractivity contribution in [2.75, 3.05) is 0 Å². The maximum atomic E-state index is 11.2. The van der Waals surface area contributed by atoms with E-state index in [1.165, 1.54) is 18.5 Å². The highest BCUT2D eigenvalue weighted by Gasteiger charge is 2.14. The van der Waals surface area contributed by atoms with Crippen LogP contribution in [0.2, 0.25) is 5.02 Å². The maximum absolute atomic E-state index is 11.2. The lowest BCUT2D eigenvalue weighted by Crippen LogP contribution is -2.01. The Labute approximate surface area is 124 Å². The summed E-state index contributed by atoms with van der Waals surface area (Å²) in [7, 11) is 0. The third-order valence-corrected chi connectivity index (χ3v) is 3.24. The van der Waals surface area contributed by atoms with Gasteiger partial charge in [-0.05, 0) is 24.3 Å². The highest BCUT2D eigenvalue weighted by Crippen LogP contribution is 2.33. The molecule has 0 unspecified atom stereocenters. The van der Waals surface area contributed by atoms with Crippen molar-refractivity contribution in [3.8, 4) is 11.5 Å². The molecule has 5 nitrogen and oxygen atoms in total. The van der Waals surface area contributed by atoms with Crippen LogP contribution in [0.15, 0.2) is 48.9 Å². The highest BCUT2D eigenvalue weighted by molar-refractivity contribution is 6.35. The number of pyridine rings is 2. The SMILES string of the molecule is O=C(O)c1cnccc1Oc1ccc(Cl)c2cccnc12. The number of ether oxygens (including phenoxy) is 1. The quantitative estimate of drug-likeness (QED) is 0.797. The summed E-state index contributed by atoms with van der Waals surface area (Å²) in [4.78, 5) is 19.2. The Bertz CT molecular complexity index is 836. The van der Waals surface area contributed by atoms with Gasteiger partial charge in [-0.25, -0.2) is 4.79 Å². The Morgan fingerprint density at radius 3 is 2.81 bits per heavy atom. The maximum Gasteiger partial charge on any atom is 0.341 e. The molecule has 0 bridgehead atoms. The number of aromatic nitrogens is 2. The molecule has 104 valence electrons. The van der Waals surface area contributed by atoms with Gasteiger partial charge in [-0.15, -0.1) is 0 Å². The average molecular weight is 301 g/mol. The van der Waals surface area contributed by atoms with Gasteiger partial charge >= 0.3 is 5.97 Å². The first-order valence-electron chi connectivity index (χ1n) is 6.05. The standard InChI is InChI=1S/C15H9ClN2O3/c16-11-3-4-13(14-9(11)2-1-6-18-14)21-12-5-7-17-8-10(12)15(19)20/h1-8H,(H,19,20). The fourth-order valence-electron chi connectivity index (χ4n) is 1.94. The second-order valence-corrected chi connectivity index (χ2v) is 4.63. The molecular weight excluding hydrogens is 292 g/mol. The lowest BCUT2D eigenvalue weighted by molar-refractivity contribution is 0.0693. The van der Waals surface area contributed by atoms with Crippen molar-refractivity contribution in [1.82, 2.24) is 9.97 Å². The Morgan fingerprint density at radius 1 is 1.14 bits per heavy atom. The molecule has 0 saturated heterocycles. The Hall–Kier alpha value is -2.66. The van der Waals surface area contributed by atoms with E-state index in [1.807, 2.05) is 6.07 Å². The molecule has 3 aromatic rings. The second kappa shape index (κ2) is 5.38. The van der Waals surface area contributed by atoms with Crippen LogP contribution in [0, 0.1) is 0 Å². The minimum atomic E-state index is -1.11. The second-order valence-electron chi connectivity index (χ2n) is 4.22. The molecule has 0 aliphatic heterocycles. The van der Waals surface area contributed by atoms with E-state index in [0.29, 0.717) is 16.3 Å². The van der Waals surface area contributed by atoms with Crippen molar-refractivity contribution in [3.05, 3.63) is 59.5 Å². The van der Waals surface area contributed by atoms with E-state index in [1.54, 1.807) is 24.4 Å². The van der Waals surface area contributed by atoms with Gasteiger partial charge < -0.3 is 9.84 Å². The van der Waals surface area contributed by atoms with Crippen LogP contribution < -0.4 is 4.74 Å². The molecule has 1 N–H and O–H groups in total. The van der Waals surface area contributed by atoms with Crippen LogP contribution in [0.3, 0.4) is 0 Å². The average Bonchev–Trinajstić information content (AvgIpc) is 2.51. The molecule has 0 spiro atoms. The monoisotopic (exact) mass is 300 g/mol. The van der Waals surface area contributed by atoms with Crippen LogP contribution in [0.25, 0.3) is 10.9 Å². The van der Waals surface area contributed by atoms with E-state index in [2.05, 4.69) is 9.97 Å². The lowest BCUT2D eigenvalue weighted by Gasteiger charge is -2.10. The van der Waals surface area contributed by atoms with Gasteiger partial charge in [-0.2, -0.15) is 0 Å². The summed E-state index contributed by atoms with van der Waals surface area (Å²) in [5, 5.41) is 10.4. The molecule has 0 amide bonds. The van der Waals surface area contributed by atoms with E-state index >= 15 is 0 Å². The highest BCUT2D eigenvalue weighted by atomic mass is 35.5. The number of fused-ring (bicyclic) bond motifs is 1. The minimum absolute atomic E-state index is 0.0171. The van der Waals surface area contributed by atoms with Gasteiger partial charge in [-0.1, -0.05) is 11.6 Å². The minimum Gasteiger partial charge on any atom is -0.477 e. The number of carboxylic acids is 1. The van der Waals surface area contributed by atoms with Gasteiger partial charge in [0.25, 0.3) is 0 Å². The molecule has 6 heteroatoms. The number of nitrogens with zero attached hydrogens (tertiary/aromatic N) is 2. The van der Waals surface area contributed by atoms with E-state index in [0.717, 1.165) is 5.39 Å². The van der Waals surface area contributed by atoms with E-state index in [9.17, 15) is 4.79 Å². The van der Waals surface area contributed by atoms with Crippen LogP contribution in [0.4, 0.5) is 0 Å². The first-order chi connectivity index (χ1) is 10.2. The molecule has 3 rings (SSSR count). The fraction of sp³-hybridized carbons (Fsp3) is 0. The van der Waals surface area contributed by atoms with Gasteiger partial charge in [0, 0.05) is 30.0 Å². The normalized spacial score (nSPS) is 10.5. The van der Waals surface area contributed by atoms with Crippen molar-refractivity contribution < 1.29 is 14.6 Å². The summed E-state index contributed by atoms with van der Waals surface area (Å²) in [6.07, 6.45) is 4.33. The van der Waals surface area contributed by atoms with Crippen molar-refractivity contribution in [1.29, 1.82) is 0 Å². The number of carboxylic acid groups (broad SMARTS) is 1. The third kappa shape index (κ3) is 2.51. The predicted octanol–water partition coefficient (Wildman–Crippen LogP) is 3.77. The molecule has 0 fully saturated rings. The number of aromatic carboxylic acids is 1. The lowest BCUT2D eigenvalue weighted by atomic mass is 10.2. The number of halogens is 1. The summed E-state index contributed by atoms with van der Waals surface area (Å²) in [6, 6.07) is 8.42. The van der Waals surface area contributed by atoms with Crippen LogP contribution >= 0.6 is 11.6 Å². The van der Waals surface area contributed by atoms with Gasteiger partial charge in [0.1, 0.15) is 16.8 Å². The van der Waals surface area contributed by atoms with Gasteiger partial charge in [0.2, 0.25) is 0 Å². The van der Waals surface area contributed by atoms with Crippen molar-refractivity contribution in [2.24, 2.45) is 0 Å². The van der Waals surface area contributed by atoms with Crippen LogP contribution in [-0.2, 0) is 0 Å². The molecule has 0 radical (unpaired) electrons. The van der Waals surface area contributed by atoms with Crippen LogP contribution in [0.5, 0.6) is 11.5 Å². The van der Waals surface area contributed by atoms with Crippen molar-refractivity contribution in [3.63, 3.8) is 0 Å². The number of carbonyl (C=O) groups is 1. The molecule has 2 heterocycles. The summed E-state index contributed by atoms with van der Waals surface area (Å²) in [5.74, 6) is -0.472. The molecule has 21 heavy (non-hydrogen) atoms. The zero-order valence-electron chi connectivity index (χ0n) is 10.7. The molecule has 0 atom stereocenters. The molecule has 0 aliphatic carbocycles. The molecule has 2 aromatic heterocycles. The van der Waals surface area contributed by atoms with Crippen molar-refractivity contribution >= 4 is 28.5 Å². The number of hydrogen-bond donors (Lipinski definition) is 1. The predicted molar refractivity (Wildman–Crippen MR) is 78.0 cm³/mol.